The molecule has 0 radical (unpaired) electrons. The van der Waals surface area contributed by atoms with Gasteiger partial charge in [0.2, 0.25) is 0 Å². The van der Waals surface area contributed by atoms with Gasteiger partial charge in [-0.25, -0.2) is 0 Å². The highest BCUT2D eigenvalue weighted by atomic mass is 16.5. The van der Waals surface area contributed by atoms with Crippen molar-refractivity contribution in [1.82, 2.24) is 0 Å². The number of ether oxygens (including phenoxy) is 1. The summed E-state index contributed by atoms with van der Waals surface area (Å²) in [6, 6.07) is 0. The maximum absolute atomic E-state index is 14.3. The van der Waals surface area contributed by atoms with E-state index in [2.05, 4.69) is 54.5 Å². The first-order valence-electron chi connectivity index (χ1n) is 20.3. The molecule has 0 aromatic heterocycles. The fourth-order valence-electron chi connectivity index (χ4n) is 12.7. The molecule has 4 fully saturated rings. The molecule has 4 saturated carbocycles. The Morgan fingerprint density at radius 3 is 2.00 bits per heavy atom. The number of aliphatic carboxylic acids is 1. The molecule has 274 valence electrons. The van der Waals surface area contributed by atoms with Crippen LogP contribution >= 0.6 is 0 Å². The molecule has 48 heavy (non-hydrogen) atoms. The molecule has 5 aliphatic carbocycles. The Morgan fingerprint density at radius 2 is 1.35 bits per heavy atom. The molecule has 0 aromatic carbocycles. The second kappa shape index (κ2) is 14.3. The van der Waals surface area contributed by atoms with E-state index in [0.717, 1.165) is 83.5 Å². The van der Waals surface area contributed by atoms with E-state index in [-0.39, 0.29) is 50.5 Å². The first kappa shape index (κ1) is 37.9. The van der Waals surface area contributed by atoms with Crippen LogP contribution < -0.4 is 0 Å². The Morgan fingerprint density at radius 1 is 0.750 bits per heavy atom. The summed E-state index contributed by atoms with van der Waals surface area (Å²) < 4.78 is 6.24. The summed E-state index contributed by atoms with van der Waals surface area (Å²) in [5.74, 6) is 0.865. The minimum Gasteiger partial charge on any atom is -0.481 e. The van der Waals surface area contributed by atoms with Gasteiger partial charge in [0.05, 0.1) is 18.1 Å². The fourth-order valence-corrected chi connectivity index (χ4v) is 12.7. The molecule has 5 rings (SSSR count). The number of carbonyl (C=O) groups excluding carboxylic acids is 1. The molecule has 5 heteroatoms. The van der Waals surface area contributed by atoms with Gasteiger partial charge in [0, 0.05) is 6.42 Å². The Bertz CT molecular complexity index is 1190. The van der Waals surface area contributed by atoms with Gasteiger partial charge in [-0.05, 0) is 122 Å². The number of esters is 1. The molecule has 0 saturated heterocycles. The van der Waals surface area contributed by atoms with Crippen molar-refractivity contribution < 1.29 is 24.5 Å². The molecule has 0 unspecified atom stereocenters. The van der Waals surface area contributed by atoms with Crippen LogP contribution in [0.1, 0.15) is 183 Å². The number of allylic oxidation sites excluding steroid dienone is 2. The Hall–Kier alpha value is -1.36. The minimum atomic E-state index is -0.683. The average Bonchev–Trinajstić information content (AvgIpc) is 3.01. The summed E-state index contributed by atoms with van der Waals surface area (Å²) in [6.07, 6.45) is 24.7. The van der Waals surface area contributed by atoms with Gasteiger partial charge in [0.15, 0.2) is 0 Å². The van der Waals surface area contributed by atoms with Crippen LogP contribution in [0.15, 0.2) is 11.6 Å². The van der Waals surface area contributed by atoms with E-state index in [1.807, 2.05) is 0 Å². The minimum absolute atomic E-state index is 0.0381. The highest BCUT2D eigenvalue weighted by Crippen LogP contribution is 2.75. The second-order valence-electron chi connectivity index (χ2n) is 19.6. The van der Waals surface area contributed by atoms with Gasteiger partial charge in [-0.3, -0.25) is 9.59 Å². The van der Waals surface area contributed by atoms with E-state index < -0.39 is 5.97 Å². The van der Waals surface area contributed by atoms with E-state index in [4.69, 9.17) is 9.84 Å². The van der Waals surface area contributed by atoms with Gasteiger partial charge in [-0.2, -0.15) is 0 Å². The summed E-state index contributed by atoms with van der Waals surface area (Å²) in [6.45, 7) is 17.9. The number of fused-ring (bicyclic) bond motifs is 7. The lowest BCUT2D eigenvalue weighted by molar-refractivity contribution is -0.206. The molecule has 5 nitrogen and oxygen atoms in total. The van der Waals surface area contributed by atoms with Crippen molar-refractivity contribution in [3.8, 4) is 0 Å². The SMILES string of the molecule is CC1(C)CC[C@]2(C(=O)OCCCCCCCCCCCCC(=O)O)CC[C@]3(C)C(=CC[C@@H]4[C@@]5(C)CC[C@H](O)C(C)(C)[C@@H]5CC[C@]43C)[C@@H]2C1. The first-order chi connectivity index (χ1) is 22.5. The highest BCUT2D eigenvalue weighted by molar-refractivity contribution is 5.78. The summed E-state index contributed by atoms with van der Waals surface area (Å²) in [5.41, 5.74) is 1.98. The lowest BCUT2D eigenvalue weighted by Crippen LogP contribution is -2.65. The van der Waals surface area contributed by atoms with Crippen molar-refractivity contribution in [2.24, 2.45) is 50.2 Å². The van der Waals surface area contributed by atoms with Gasteiger partial charge in [-0.15, -0.1) is 0 Å². The third-order valence-corrected chi connectivity index (χ3v) is 16.0. The van der Waals surface area contributed by atoms with Crippen LogP contribution in [-0.2, 0) is 14.3 Å². The predicted molar refractivity (Wildman–Crippen MR) is 194 cm³/mol. The molecule has 8 atom stereocenters. The van der Waals surface area contributed by atoms with Crippen LogP contribution in [0.2, 0.25) is 0 Å². The standard InChI is InChI=1S/C43H72O5/c1-38(2)25-27-43(37(47)48-29-17-15-13-11-9-8-10-12-14-16-18-36(45)46)28-26-41(6)31(32(43)30-38)19-20-34-40(5)23-22-35(44)39(3,4)33(40)21-24-42(34,41)7/h19,32-35,44H,8-18,20-30H2,1-7H3,(H,45,46)/t32-,33-,34+,35-,40-,41+,42+,43-/m0/s1. The molecular formula is C43H72O5. The lowest BCUT2D eigenvalue weighted by atomic mass is 9.33. The van der Waals surface area contributed by atoms with Crippen molar-refractivity contribution in [3.63, 3.8) is 0 Å². The maximum atomic E-state index is 14.3. The van der Waals surface area contributed by atoms with Crippen LogP contribution in [0.25, 0.3) is 0 Å². The predicted octanol–water partition coefficient (Wildman–Crippen LogP) is 11.1. The monoisotopic (exact) mass is 669 g/mol. The van der Waals surface area contributed by atoms with Crippen LogP contribution in [0, 0.1) is 50.2 Å². The number of hydrogen-bond acceptors (Lipinski definition) is 4. The molecule has 0 aromatic rings. The Labute approximate surface area is 293 Å². The van der Waals surface area contributed by atoms with Crippen LogP contribution in [0.5, 0.6) is 0 Å². The first-order valence-corrected chi connectivity index (χ1v) is 20.3. The van der Waals surface area contributed by atoms with Crippen molar-refractivity contribution >= 4 is 11.9 Å². The molecule has 5 aliphatic rings. The molecule has 0 aliphatic heterocycles. The van der Waals surface area contributed by atoms with E-state index in [9.17, 15) is 14.7 Å². The zero-order valence-corrected chi connectivity index (χ0v) is 32.1. The second-order valence-corrected chi connectivity index (χ2v) is 19.6. The van der Waals surface area contributed by atoms with Gasteiger partial charge in [-0.1, -0.05) is 111 Å². The number of unbranched alkanes of at least 4 members (excludes halogenated alkanes) is 9. The third-order valence-electron chi connectivity index (χ3n) is 16.0. The number of aliphatic hydroxyl groups is 1. The quantitative estimate of drug-likeness (QED) is 0.109. The van der Waals surface area contributed by atoms with E-state index in [1.165, 1.54) is 44.9 Å². The Kier molecular flexibility index (Phi) is 11.3. The summed E-state index contributed by atoms with van der Waals surface area (Å²) >= 11 is 0. The lowest BCUT2D eigenvalue weighted by Gasteiger charge is -2.71. The van der Waals surface area contributed by atoms with E-state index in [1.54, 1.807) is 5.57 Å². The van der Waals surface area contributed by atoms with Crippen LogP contribution in [0.3, 0.4) is 0 Å². The van der Waals surface area contributed by atoms with Gasteiger partial charge in [0.25, 0.3) is 0 Å². The molecule has 0 heterocycles. The number of rotatable bonds is 14. The van der Waals surface area contributed by atoms with Crippen LogP contribution in [-0.4, -0.2) is 34.9 Å². The summed E-state index contributed by atoms with van der Waals surface area (Å²) in [4.78, 5) is 24.9. The van der Waals surface area contributed by atoms with Gasteiger partial charge in [0.1, 0.15) is 0 Å². The summed E-state index contributed by atoms with van der Waals surface area (Å²) in [5, 5.41) is 19.8. The molecule has 0 bridgehead atoms. The maximum Gasteiger partial charge on any atom is 0.312 e. The zero-order chi connectivity index (χ0) is 35.0. The summed E-state index contributed by atoms with van der Waals surface area (Å²) in [7, 11) is 0. The number of carbonyl (C=O) groups is 2. The largest absolute Gasteiger partial charge is 0.481 e. The van der Waals surface area contributed by atoms with Crippen molar-refractivity contribution in [2.45, 2.75) is 189 Å². The van der Waals surface area contributed by atoms with E-state index >= 15 is 0 Å². The smallest absolute Gasteiger partial charge is 0.312 e. The average molecular weight is 669 g/mol. The molecule has 2 N–H and O–H groups in total. The number of hydrogen-bond donors (Lipinski definition) is 2. The topological polar surface area (TPSA) is 83.8 Å². The molecule has 0 spiro atoms. The zero-order valence-electron chi connectivity index (χ0n) is 32.1. The molecule has 0 amide bonds. The number of carboxylic acid groups (broad SMARTS) is 1. The number of carboxylic acids is 1. The van der Waals surface area contributed by atoms with Gasteiger partial charge < -0.3 is 14.9 Å². The van der Waals surface area contributed by atoms with E-state index in [0.29, 0.717) is 24.9 Å². The molecular weight excluding hydrogens is 596 g/mol. The van der Waals surface area contributed by atoms with Crippen molar-refractivity contribution in [1.29, 1.82) is 0 Å². The van der Waals surface area contributed by atoms with Gasteiger partial charge >= 0.3 is 11.9 Å². The van der Waals surface area contributed by atoms with Crippen LogP contribution in [0.4, 0.5) is 0 Å². The highest BCUT2D eigenvalue weighted by Gasteiger charge is 2.69. The normalized spacial score (nSPS) is 39.6. The fraction of sp³-hybridized carbons (Fsp3) is 0.907. The van der Waals surface area contributed by atoms with Crippen molar-refractivity contribution in [3.05, 3.63) is 11.6 Å². The number of aliphatic hydroxyl groups excluding tert-OH is 1. The Balaban J connectivity index is 1.20. The van der Waals surface area contributed by atoms with Crippen molar-refractivity contribution in [2.75, 3.05) is 6.61 Å². The third kappa shape index (κ3) is 6.82.